The normalized spacial score (nSPS) is 13.2. The fourth-order valence-electron chi connectivity index (χ4n) is 3.28. The molecule has 0 atom stereocenters. The van der Waals surface area contributed by atoms with E-state index in [1.807, 2.05) is 18.2 Å². The van der Waals surface area contributed by atoms with E-state index in [4.69, 9.17) is 0 Å². The van der Waals surface area contributed by atoms with Crippen LogP contribution >= 0.6 is 23.1 Å². The summed E-state index contributed by atoms with van der Waals surface area (Å²) in [4.78, 5) is 12.6. The summed E-state index contributed by atoms with van der Waals surface area (Å²) in [6.45, 7) is 2.05. The number of carbonyl (C=O) groups is 1. The second kappa shape index (κ2) is 8.23. The van der Waals surface area contributed by atoms with Crippen LogP contribution in [0.4, 0.5) is 10.8 Å². The minimum absolute atomic E-state index is 0.150. The summed E-state index contributed by atoms with van der Waals surface area (Å²) < 4.78 is 0.802. The number of ketones is 1. The number of aryl methyl sites for hydroxylation is 3. The number of hydrogen-bond donors (Lipinski definition) is 1. The van der Waals surface area contributed by atoms with E-state index in [1.54, 1.807) is 0 Å². The zero-order chi connectivity index (χ0) is 18.6. The van der Waals surface area contributed by atoms with Gasteiger partial charge in [0.05, 0.1) is 5.75 Å². The molecule has 138 valence electrons. The van der Waals surface area contributed by atoms with E-state index in [0.717, 1.165) is 33.6 Å². The van der Waals surface area contributed by atoms with Gasteiger partial charge in [-0.3, -0.25) is 4.79 Å². The average molecular weight is 396 g/mol. The third-order valence-corrected chi connectivity index (χ3v) is 6.65. The number of hydrogen-bond acceptors (Lipinski definition) is 6. The van der Waals surface area contributed by atoms with E-state index in [0.29, 0.717) is 5.75 Å². The van der Waals surface area contributed by atoms with Crippen molar-refractivity contribution in [3.63, 3.8) is 0 Å². The maximum atomic E-state index is 12.6. The summed E-state index contributed by atoms with van der Waals surface area (Å²) in [5.41, 5.74) is 5.74. The van der Waals surface area contributed by atoms with Gasteiger partial charge < -0.3 is 5.32 Å². The van der Waals surface area contributed by atoms with Gasteiger partial charge in [0.1, 0.15) is 0 Å². The quantitative estimate of drug-likeness (QED) is 0.445. The molecule has 0 saturated carbocycles. The lowest BCUT2D eigenvalue weighted by Crippen LogP contribution is -2.07. The van der Waals surface area contributed by atoms with E-state index in [-0.39, 0.29) is 5.78 Å². The Kier molecular flexibility index (Phi) is 5.55. The van der Waals surface area contributed by atoms with E-state index in [1.165, 1.54) is 52.6 Å². The van der Waals surface area contributed by atoms with Crippen molar-refractivity contribution in [1.82, 2.24) is 10.2 Å². The molecule has 3 aromatic rings. The monoisotopic (exact) mass is 395 g/mol. The Hall–Kier alpha value is -2.18. The molecule has 0 radical (unpaired) electrons. The molecule has 27 heavy (non-hydrogen) atoms. The SMILES string of the molecule is Cc1cccc(Nc2nnc(SCC(=O)c3ccc4c(c3)CCCC4)s2)c1. The van der Waals surface area contributed by atoms with Crippen molar-refractivity contribution < 1.29 is 4.79 Å². The van der Waals surface area contributed by atoms with Crippen molar-refractivity contribution in [1.29, 1.82) is 0 Å². The minimum atomic E-state index is 0.150. The number of thioether (sulfide) groups is 1. The van der Waals surface area contributed by atoms with Crippen LogP contribution in [0.2, 0.25) is 0 Å². The van der Waals surface area contributed by atoms with Crippen LogP contribution in [-0.4, -0.2) is 21.7 Å². The van der Waals surface area contributed by atoms with Crippen LogP contribution in [0, 0.1) is 6.92 Å². The fourth-order valence-corrected chi connectivity index (χ4v) is 4.95. The van der Waals surface area contributed by atoms with Crippen LogP contribution in [0.25, 0.3) is 0 Å². The Balaban J connectivity index is 1.36. The molecule has 6 heteroatoms. The Morgan fingerprint density at radius 1 is 1.11 bits per heavy atom. The lowest BCUT2D eigenvalue weighted by atomic mass is 9.90. The fraction of sp³-hybridized carbons (Fsp3) is 0.286. The molecule has 1 aliphatic rings. The van der Waals surface area contributed by atoms with Gasteiger partial charge in [-0.15, -0.1) is 10.2 Å². The molecule has 0 unspecified atom stereocenters. The minimum Gasteiger partial charge on any atom is -0.330 e. The molecule has 2 aromatic carbocycles. The number of rotatable bonds is 6. The molecule has 0 amide bonds. The van der Waals surface area contributed by atoms with Crippen molar-refractivity contribution in [3.05, 3.63) is 64.7 Å². The first-order valence-electron chi connectivity index (χ1n) is 9.12. The van der Waals surface area contributed by atoms with E-state index in [9.17, 15) is 4.79 Å². The third-order valence-electron chi connectivity index (χ3n) is 4.67. The number of aromatic nitrogens is 2. The second-order valence-electron chi connectivity index (χ2n) is 6.77. The van der Waals surface area contributed by atoms with Gasteiger partial charge in [-0.1, -0.05) is 47.4 Å². The van der Waals surface area contributed by atoms with Crippen LogP contribution < -0.4 is 5.32 Å². The zero-order valence-corrected chi connectivity index (χ0v) is 16.8. The first kappa shape index (κ1) is 18.2. The van der Waals surface area contributed by atoms with E-state index in [2.05, 4.69) is 46.7 Å². The van der Waals surface area contributed by atoms with Crippen LogP contribution in [0.1, 0.15) is 39.9 Å². The van der Waals surface area contributed by atoms with Gasteiger partial charge >= 0.3 is 0 Å². The van der Waals surface area contributed by atoms with Gasteiger partial charge in [0.25, 0.3) is 0 Å². The molecule has 1 aliphatic carbocycles. The summed E-state index contributed by atoms with van der Waals surface area (Å²) in [6, 6.07) is 14.3. The first-order chi connectivity index (χ1) is 13.2. The maximum Gasteiger partial charge on any atom is 0.210 e. The number of fused-ring (bicyclic) bond motifs is 1. The van der Waals surface area contributed by atoms with E-state index >= 15 is 0 Å². The standard InChI is InChI=1S/C21H21N3OS2/c1-14-5-4-8-18(11-14)22-20-23-24-21(27-20)26-13-19(25)17-10-9-15-6-2-3-7-16(15)12-17/h4-5,8-12H,2-3,6-7,13H2,1H3,(H,22,23). The molecule has 0 aliphatic heterocycles. The predicted molar refractivity (Wildman–Crippen MR) is 113 cm³/mol. The lowest BCUT2D eigenvalue weighted by molar-refractivity contribution is 0.102. The van der Waals surface area contributed by atoms with Crippen molar-refractivity contribution in [3.8, 4) is 0 Å². The van der Waals surface area contributed by atoms with Crippen molar-refractivity contribution >= 4 is 39.7 Å². The molecule has 0 spiro atoms. The molecule has 4 rings (SSSR count). The molecule has 1 heterocycles. The van der Waals surface area contributed by atoms with Gasteiger partial charge in [0.15, 0.2) is 10.1 Å². The molecular weight excluding hydrogens is 374 g/mol. The Morgan fingerprint density at radius 3 is 2.81 bits per heavy atom. The van der Waals surface area contributed by atoms with Crippen LogP contribution in [0.15, 0.2) is 46.8 Å². The molecule has 1 N–H and O–H groups in total. The average Bonchev–Trinajstić information content (AvgIpc) is 3.13. The molecule has 1 aromatic heterocycles. The molecular formula is C21H21N3OS2. The number of nitrogens with zero attached hydrogens (tertiary/aromatic N) is 2. The topological polar surface area (TPSA) is 54.9 Å². The Morgan fingerprint density at radius 2 is 1.96 bits per heavy atom. The van der Waals surface area contributed by atoms with Gasteiger partial charge in [-0.05, 0) is 67.5 Å². The molecule has 4 nitrogen and oxygen atoms in total. The first-order valence-corrected chi connectivity index (χ1v) is 10.9. The molecule has 0 saturated heterocycles. The molecule has 0 fully saturated rings. The van der Waals surface area contributed by atoms with Crippen LogP contribution in [-0.2, 0) is 12.8 Å². The smallest absolute Gasteiger partial charge is 0.210 e. The highest BCUT2D eigenvalue weighted by atomic mass is 32.2. The van der Waals surface area contributed by atoms with Crippen molar-refractivity contribution in [2.75, 3.05) is 11.1 Å². The Bertz CT molecular complexity index is 968. The maximum absolute atomic E-state index is 12.6. The van der Waals surface area contributed by atoms with Crippen LogP contribution in [0.3, 0.4) is 0 Å². The number of Topliss-reactive ketones (excluding diaryl/α,β-unsaturated/α-hetero) is 1. The highest BCUT2D eigenvalue weighted by Gasteiger charge is 2.14. The Labute approximate surface area is 167 Å². The summed E-state index contributed by atoms with van der Waals surface area (Å²) in [5, 5.41) is 12.4. The number of anilines is 2. The summed E-state index contributed by atoms with van der Waals surface area (Å²) in [6.07, 6.45) is 4.71. The van der Waals surface area contributed by atoms with Crippen molar-refractivity contribution in [2.24, 2.45) is 0 Å². The second-order valence-corrected chi connectivity index (χ2v) is 8.97. The highest BCUT2D eigenvalue weighted by Crippen LogP contribution is 2.29. The van der Waals surface area contributed by atoms with E-state index < -0.39 is 0 Å². The summed E-state index contributed by atoms with van der Waals surface area (Å²) in [7, 11) is 0. The largest absolute Gasteiger partial charge is 0.330 e. The number of benzene rings is 2. The number of nitrogens with one attached hydrogen (secondary N) is 1. The van der Waals surface area contributed by atoms with Gasteiger partial charge in [-0.2, -0.15) is 0 Å². The third kappa shape index (κ3) is 4.57. The zero-order valence-electron chi connectivity index (χ0n) is 15.2. The van der Waals surface area contributed by atoms with Gasteiger partial charge in [0, 0.05) is 11.3 Å². The predicted octanol–water partition coefficient (Wildman–Crippen LogP) is 5.44. The summed E-state index contributed by atoms with van der Waals surface area (Å²) in [5.74, 6) is 0.537. The summed E-state index contributed by atoms with van der Waals surface area (Å²) >= 11 is 2.92. The lowest BCUT2D eigenvalue weighted by Gasteiger charge is -2.16. The molecule has 0 bridgehead atoms. The van der Waals surface area contributed by atoms with Crippen molar-refractivity contribution in [2.45, 2.75) is 36.9 Å². The van der Waals surface area contributed by atoms with Crippen LogP contribution in [0.5, 0.6) is 0 Å². The highest BCUT2D eigenvalue weighted by molar-refractivity contribution is 8.01. The van der Waals surface area contributed by atoms with Gasteiger partial charge in [-0.25, -0.2) is 0 Å². The number of carbonyl (C=O) groups excluding carboxylic acids is 1. The van der Waals surface area contributed by atoms with Gasteiger partial charge in [0.2, 0.25) is 5.13 Å².